The van der Waals surface area contributed by atoms with Gasteiger partial charge in [-0.3, -0.25) is 4.79 Å². The van der Waals surface area contributed by atoms with E-state index in [-0.39, 0.29) is 12.1 Å². The molecule has 0 unspecified atom stereocenters. The second-order valence-electron chi connectivity index (χ2n) is 2.58. The van der Waals surface area contributed by atoms with Gasteiger partial charge in [-0.1, -0.05) is 0 Å². The molecule has 0 aromatic carbocycles. The van der Waals surface area contributed by atoms with E-state index in [1.165, 1.54) is 0 Å². The summed E-state index contributed by atoms with van der Waals surface area (Å²) in [7, 11) is 0. The Morgan fingerprint density at radius 2 is 2.56 bits per heavy atom. The van der Waals surface area contributed by atoms with E-state index >= 15 is 0 Å². The van der Waals surface area contributed by atoms with E-state index in [9.17, 15) is 4.79 Å². The lowest BCUT2D eigenvalue weighted by molar-refractivity contribution is -0.141. The molecule has 2 heterocycles. The number of carbonyl (C=O) groups excluding carboxylic acids is 1. The number of fused-ring (bicyclic) bond motifs is 1. The van der Waals surface area contributed by atoms with Crippen molar-refractivity contribution in [2.75, 3.05) is 6.54 Å². The van der Waals surface area contributed by atoms with Crippen LogP contribution in [-0.2, 0) is 9.53 Å². The van der Waals surface area contributed by atoms with Crippen LogP contribution in [0, 0.1) is 0 Å². The Balaban J connectivity index is 2.09. The van der Waals surface area contributed by atoms with Crippen molar-refractivity contribution in [3.63, 3.8) is 0 Å². The van der Waals surface area contributed by atoms with Crippen molar-refractivity contribution in [1.82, 2.24) is 5.32 Å². The van der Waals surface area contributed by atoms with Crippen LogP contribution < -0.4 is 5.32 Å². The van der Waals surface area contributed by atoms with Crippen LogP contribution in [0.15, 0.2) is 0 Å². The predicted molar refractivity (Wildman–Crippen MR) is 30.9 cm³/mol. The number of nitrogens with one attached hydrogen (secondary N) is 1. The largest absolute Gasteiger partial charge is 0.461 e. The number of rotatable bonds is 0. The van der Waals surface area contributed by atoms with Crippen molar-refractivity contribution in [3.05, 3.63) is 0 Å². The maximum Gasteiger partial charge on any atom is 0.307 e. The zero-order valence-corrected chi connectivity index (χ0v) is 5.09. The molecule has 2 saturated heterocycles. The van der Waals surface area contributed by atoms with Gasteiger partial charge in [-0.25, -0.2) is 0 Å². The molecule has 9 heavy (non-hydrogen) atoms. The molecule has 2 aliphatic heterocycles. The fraction of sp³-hybridized carbons (Fsp3) is 0.833. The minimum Gasteiger partial charge on any atom is -0.461 e. The highest BCUT2D eigenvalue weighted by molar-refractivity contribution is 5.73. The van der Waals surface area contributed by atoms with Crippen molar-refractivity contribution < 1.29 is 9.53 Å². The SMILES string of the molecule is O=C1C[C@H]2NCC[C@@H]2O1. The van der Waals surface area contributed by atoms with E-state index in [1.54, 1.807) is 0 Å². The highest BCUT2D eigenvalue weighted by atomic mass is 16.6. The second-order valence-corrected chi connectivity index (χ2v) is 2.58. The normalized spacial score (nSPS) is 40.7. The Bertz CT molecular complexity index is 132. The molecule has 0 saturated carbocycles. The van der Waals surface area contributed by atoms with Gasteiger partial charge in [0.1, 0.15) is 6.10 Å². The highest BCUT2D eigenvalue weighted by Crippen LogP contribution is 2.21. The third kappa shape index (κ3) is 0.721. The van der Waals surface area contributed by atoms with Gasteiger partial charge in [-0.15, -0.1) is 0 Å². The van der Waals surface area contributed by atoms with Crippen LogP contribution in [0.5, 0.6) is 0 Å². The molecule has 50 valence electrons. The topological polar surface area (TPSA) is 38.3 Å². The molecule has 2 rings (SSSR count). The van der Waals surface area contributed by atoms with Gasteiger partial charge in [0.15, 0.2) is 0 Å². The van der Waals surface area contributed by atoms with Gasteiger partial charge < -0.3 is 10.1 Å². The van der Waals surface area contributed by atoms with Crippen LogP contribution in [0.1, 0.15) is 12.8 Å². The first-order valence-electron chi connectivity index (χ1n) is 3.29. The molecule has 2 aliphatic rings. The monoisotopic (exact) mass is 127 g/mol. The molecule has 3 nitrogen and oxygen atoms in total. The molecule has 0 spiro atoms. The van der Waals surface area contributed by atoms with Gasteiger partial charge in [0.05, 0.1) is 12.5 Å². The fourth-order valence-electron chi connectivity index (χ4n) is 1.48. The van der Waals surface area contributed by atoms with Crippen LogP contribution in [0.2, 0.25) is 0 Å². The van der Waals surface area contributed by atoms with E-state index < -0.39 is 0 Å². The average Bonchev–Trinajstić information content (AvgIpc) is 2.22. The smallest absolute Gasteiger partial charge is 0.307 e. The molecule has 0 amide bonds. The van der Waals surface area contributed by atoms with Gasteiger partial charge in [0.2, 0.25) is 0 Å². The molecule has 2 atom stereocenters. The number of hydrogen-bond donors (Lipinski definition) is 1. The lowest BCUT2D eigenvalue weighted by Crippen LogP contribution is -2.25. The fourth-order valence-corrected chi connectivity index (χ4v) is 1.48. The summed E-state index contributed by atoms with van der Waals surface area (Å²) in [5.41, 5.74) is 0. The van der Waals surface area contributed by atoms with Gasteiger partial charge in [-0.05, 0) is 13.0 Å². The van der Waals surface area contributed by atoms with Crippen LogP contribution >= 0.6 is 0 Å². The van der Waals surface area contributed by atoms with Crippen molar-refractivity contribution >= 4 is 5.97 Å². The molecule has 3 heteroatoms. The van der Waals surface area contributed by atoms with E-state index in [4.69, 9.17) is 4.74 Å². The van der Waals surface area contributed by atoms with Crippen LogP contribution in [-0.4, -0.2) is 24.7 Å². The summed E-state index contributed by atoms with van der Waals surface area (Å²) in [5.74, 6) is -0.0443. The highest BCUT2D eigenvalue weighted by Gasteiger charge is 2.37. The van der Waals surface area contributed by atoms with E-state index in [0.717, 1.165) is 13.0 Å². The summed E-state index contributed by atoms with van der Waals surface area (Å²) in [6, 6.07) is 0.331. The Hall–Kier alpha value is -0.570. The zero-order valence-electron chi connectivity index (χ0n) is 5.09. The summed E-state index contributed by atoms with van der Waals surface area (Å²) < 4.78 is 4.98. The van der Waals surface area contributed by atoms with Gasteiger partial charge in [-0.2, -0.15) is 0 Å². The lowest BCUT2D eigenvalue weighted by atomic mass is 10.2. The maximum atomic E-state index is 10.6. The first kappa shape index (κ1) is 5.23. The maximum absolute atomic E-state index is 10.6. The molecule has 1 N–H and O–H groups in total. The molecule has 2 fully saturated rings. The number of ether oxygens (including phenoxy) is 1. The summed E-state index contributed by atoms with van der Waals surface area (Å²) in [6.45, 7) is 1.00. The van der Waals surface area contributed by atoms with Crippen molar-refractivity contribution in [1.29, 1.82) is 0 Å². The minimum atomic E-state index is -0.0443. The van der Waals surface area contributed by atoms with E-state index in [1.807, 2.05) is 0 Å². The summed E-state index contributed by atoms with van der Waals surface area (Å²) in [4.78, 5) is 10.6. The standard InChI is InChI=1S/C6H9NO2/c8-6-3-4-5(9-6)1-2-7-4/h4-5,7H,1-3H2/t4-,5+/m1/s1. The molecule has 0 aliphatic carbocycles. The van der Waals surface area contributed by atoms with E-state index in [0.29, 0.717) is 12.5 Å². The van der Waals surface area contributed by atoms with Gasteiger partial charge in [0.25, 0.3) is 0 Å². The Morgan fingerprint density at radius 3 is 3.33 bits per heavy atom. The van der Waals surface area contributed by atoms with Crippen LogP contribution in [0.25, 0.3) is 0 Å². The predicted octanol–water partition coefficient (Wildman–Crippen LogP) is -0.336. The minimum absolute atomic E-state index is 0.0443. The van der Waals surface area contributed by atoms with Gasteiger partial charge in [0, 0.05) is 0 Å². The molecule has 0 aromatic rings. The molecular weight excluding hydrogens is 118 g/mol. The summed E-state index contributed by atoms with van der Waals surface area (Å²) in [6.07, 6.45) is 1.76. The van der Waals surface area contributed by atoms with Gasteiger partial charge >= 0.3 is 5.97 Å². The zero-order chi connectivity index (χ0) is 6.27. The number of esters is 1. The Morgan fingerprint density at radius 1 is 1.67 bits per heavy atom. The number of carbonyl (C=O) groups is 1. The second kappa shape index (κ2) is 1.70. The Kier molecular flexibility index (Phi) is 0.990. The molecule has 0 aromatic heterocycles. The van der Waals surface area contributed by atoms with Crippen LogP contribution in [0.3, 0.4) is 0 Å². The molecule has 0 radical (unpaired) electrons. The average molecular weight is 127 g/mol. The molecule has 0 bridgehead atoms. The first-order valence-corrected chi connectivity index (χ1v) is 3.29. The van der Waals surface area contributed by atoms with E-state index in [2.05, 4.69) is 5.32 Å². The van der Waals surface area contributed by atoms with Crippen molar-refractivity contribution in [2.24, 2.45) is 0 Å². The van der Waals surface area contributed by atoms with Crippen molar-refractivity contribution in [2.45, 2.75) is 25.0 Å². The first-order chi connectivity index (χ1) is 4.36. The number of hydrogen-bond acceptors (Lipinski definition) is 3. The summed E-state index contributed by atoms with van der Waals surface area (Å²) >= 11 is 0. The molecular formula is C6H9NO2. The van der Waals surface area contributed by atoms with Crippen LogP contribution in [0.4, 0.5) is 0 Å². The third-order valence-electron chi connectivity index (χ3n) is 1.95. The lowest BCUT2D eigenvalue weighted by Gasteiger charge is -2.03. The summed E-state index contributed by atoms with van der Waals surface area (Å²) in [5, 5.41) is 3.20. The van der Waals surface area contributed by atoms with Crippen molar-refractivity contribution in [3.8, 4) is 0 Å². The third-order valence-corrected chi connectivity index (χ3v) is 1.95. The quantitative estimate of drug-likeness (QED) is 0.452. The Labute approximate surface area is 53.4 Å².